The minimum atomic E-state index is -1.27. The van der Waals surface area contributed by atoms with Gasteiger partial charge in [-0.25, -0.2) is 14.8 Å². The second-order valence-electron chi connectivity index (χ2n) is 18.6. The van der Waals surface area contributed by atoms with Crippen LogP contribution in [-0.4, -0.2) is 236 Å². The van der Waals surface area contributed by atoms with Crippen molar-refractivity contribution in [1.29, 1.82) is 0 Å². The SMILES string of the molecule is Nc1nc2ncc(CNc3ccc(C(=O)N[C@@H](CCC(=O)CCCCOCCOCCOCCCCC(=O)CCC(C(=O)O)N4CCN(CC(=O)O)CCN(CC(=O)O)CCN(CC(=O)O)CC4)C(=O)O)cc3)nc2c(=O)[nH]1. The molecule has 1 unspecified atom stereocenters. The second-order valence-corrected chi connectivity index (χ2v) is 18.6. The van der Waals surface area contributed by atoms with Gasteiger partial charge in [0.25, 0.3) is 11.5 Å². The fourth-order valence-electron chi connectivity index (χ4n) is 8.31. The lowest BCUT2D eigenvalue weighted by molar-refractivity contribution is -0.145. The van der Waals surface area contributed by atoms with Gasteiger partial charge in [-0.05, 0) is 62.8 Å². The van der Waals surface area contributed by atoms with Crippen LogP contribution >= 0.6 is 0 Å². The van der Waals surface area contributed by atoms with Crippen LogP contribution in [0.3, 0.4) is 0 Å². The smallest absolute Gasteiger partial charge is 0.326 e. The summed E-state index contributed by atoms with van der Waals surface area (Å²) in [7, 11) is 0. The van der Waals surface area contributed by atoms with Gasteiger partial charge in [0.2, 0.25) is 5.95 Å². The van der Waals surface area contributed by atoms with Gasteiger partial charge in [-0.3, -0.25) is 62.9 Å². The number of rotatable bonds is 36. The predicted molar refractivity (Wildman–Crippen MR) is 279 cm³/mol. The number of aliphatic carboxylic acids is 5. The molecular formula is C50H73N11O17. The number of ether oxygens (including phenoxy) is 3. The Morgan fingerprint density at radius 3 is 1.59 bits per heavy atom. The van der Waals surface area contributed by atoms with Crippen molar-refractivity contribution in [2.45, 2.75) is 82.8 Å². The Morgan fingerprint density at radius 2 is 1.10 bits per heavy atom. The van der Waals surface area contributed by atoms with Gasteiger partial charge in [0.1, 0.15) is 23.7 Å². The highest BCUT2D eigenvalue weighted by molar-refractivity contribution is 5.97. The van der Waals surface area contributed by atoms with Crippen LogP contribution in [0.2, 0.25) is 0 Å². The highest BCUT2D eigenvalue weighted by atomic mass is 16.5. The van der Waals surface area contributed by atoms with Crippen molar-refractivity contribution in [3.05, 3.63) is 52.1 Å². The number of Topliss-reactive ketones (excluding diaryl/α,β-unsaturated/α-hetero) is 2. The lowest BCUT2D eigenvalue weighted by Crippen LogP contribution is -2.51. The van der Waals surface area contributed by atoms with Crippen molar-refractivity contribution >= 4 is 70.1 Å². The number of amides is 1. The number of hydrogen-bond donors (Lipinski definition) is 9. The Bertz CT molecular complexity index is 2470. The molecule has 1 saturated heterocycles. The molecule has 78 heavy (non-hydrogen) atoms. The molecule has 28 heteroatoms. The van der Waals surface area contributed by atoms with Gasteiger partial charge in [-0.2, -0.15) is 4.98 Å². The number of carboxylic acid groups (broad SMARTS) is 5. The average Bonchev–Trinajstić information content (AvgIpc) is 3.38. The number of nitrogens with zero attached hydrogens (tertiary/aromatic N) is 7. The van der Waals surface area contributed by atoms with Gasteiger partial charge >= 0.3 is 29.8 Å². The third-order valence-electron chi connectivity index (χ3n) is 12.5. The zero-order valence-electron chi connectivity index (χ0n) is 43.7. The van der Waals surface area contributed by atoms with Crippen LogP contribution in [0.25, 0.3) is 11.2 Å². The van der Waals surface area contributed by atoms with Crippen LogP contribution in [0.4, 0.5) is 11.6 Å². The minimum absolute atomic E-state index is 0.00304. The highest BCUT2D eigenvalue weighted by Gasteiger charge is 2.29. The zero-order chi connectivity index (χ0) is 56.8. The number of nitrogens with one attached hydrogen (secondary N) is 3. The number of carbonyl (C=O) groups is 8. The molecule has 28 nitrogen and oxygen atoms in total. The number of anilines is 2. The molecule has 0 saturated carbocycles. The van der Waals surface area contributed by atoms with E-state index >= 15 is 0 Å². The summed E-state index contributed by atoms with van der Waals surface area (Å²) in [5, 5.41) is 53.9. The van der Waals surface area contributed by atoms with Gasteiger partial charge in [0.05, 0.1) is 64.5 Å². The first-order valence-corrected chi connectivity index (χ1v) is 25.8. The van der Waals surface area contributed by atoms with Gasteiger partial charge in [0, 0.05) is 103 Å². The highest BCUT2D eigenvalue weighted by Crippen LogP contribution is 2.15. The standard InChI is InChI=1S/C50H73N11O17/c51-50-56-45-44(47(71)57-50)54-36(30-53-45)29-52-35-9-7-34(8-10-35)46(70)55-39(48(72)73)13-11-37(62)5-1-3-23-76-25-27-78-28-26-77-24-4-2-6-38(63)12-14-40(49(74)75)61-21-19-59(32-42(66)67)17-15-58(31-41(64)65)16-18-60(20-22-61)33-43(68)69/h7-10,30,39-40,52H,1-6,11-29,31-33H2,(H,55,70)(H,64,65)(H,66,67)(H,68,69)(H,72,73)(H,74,75)(H3,51,53,56,57,71)/t39-,40?/m0/s1. The van der Waals surface area contributed by atoms with E-state index in [9.17, 15) is 68.7 Å². The molecule has 3 heterocycles. The average molecular weight is 1100 g/mol. The first-order chi connectivity index (χ1) is 37.4. The summed E-state index contributed by atoms with van der Waals surface area (Å²) in [5.74, 6) is -6.63. The van der Waals surface area contributed by atoms with E-state index in [1.54, 1.807) is 31.7 Å². The number of carbonyl (C=O) groups excluding carboxylic acids is 3. The van der Waals surface area contributed by atoms with E-state index < -0.39 is 53.4 Å². The molecule has 1 aromatic carbocycles. The van der Waals surface area contributed by atoms with Crippen LogP contribution in [0.1, 0.15) is 80.3 Å². The first-order valence-electron chi connectivity index (χ1n) is 25.8. The Labute approximate surface area is 449 Å². The minimum Gasteiger partial charge on any atom is -0.480 e. The van der Waals surface area contributed by atoms with Crippen LogP contribution in [0, 0.1) is 0 Å². The van der Waals surface area contributed by atoms with Crippen LogP contribution in [-0.2, 0) is 54.3 Å². The number of ketones is 2. The molecule has 1 amide bonds. The lowest BCUT2D eigenvalue weighted by atomic mass is 10.0. The first kappa shape index (κ1) is 63.5. The van der Waals surface area contributed by atoms with Gasteiger partial charge in [-0.15, -0.1) is 0 Å². The number of unbranched alkanes of at least 4 members (excludes halogenated alkanes) is 2. The van der Waals surface area contributed by atoms with Crippen LogP contribution < -0.4 is 21.9 Å². The van der Waals surface area contributed by atoms with Crippen molar-refractivity contribution in [2.24, 2.45) is 0 Å². The van der Waals surface area contributed by atoms with E-state index in [1.807, 2.05) is 0 Å². The summed E-state index contributed by atoms with van der Waals surface area (Å²) in [6, 6.07) is 3.92. The summed E-state index contributed by atoms with van der Waals surface area (Å²) in [4.78, 5) is 131. The molecule has 1 aliphatic heterocycles. The topological polar surface area (TPSA) is 400 Å². The van der Waals surface area contributed by atoms with Crippen molar-refractivity contribution in [3.8, 4) is 0 Å². The molecule has 1 aliphatic rings. The Balaban J connectivity index is 1.02. The number of fused-ring (bicyclic) bond motifs is 1. The van der Waals surface area contributed by atoms with E-state index in [2.05, 4.69) is 30.6 Å². The molecular weight excluding hydrogens is 1030 g/mol. The predicted octanol–water partition coefficient (Wildman–Crippen LogP) is 0.108. The van der Waals surface area contributed by atoms with E-state index in [1.165, 1.54) is 18.3 Å². The Kier molecular flexibility index (Phi) is 28.2. The van der Waals surface area contributed by atoms with E-state index in [4.69, 9.17) is 19.9 Å². The maximum absolute atomic E-state index is 12.9. The van der Waals surface area contributed by atoms with Gasteiger partial charge in [-0.1, -0.05) is 0 Å². The fraction of sp³-hybridized carbons (Fsp3) is 0.600. The van der Waals surface area contributed by atoms with Crippen molar-refractivity contribution in [1.82, 2.24) is 44.9 Å². The molecule has 0 radical (unpaired) electrons. The number of carboxylic acids is 5. The van der Waals surface area contributed by atoms with E-state index in [-0.39, 0.29) is 151 Å². The van der Waals surface area contributed by atoms with Crippen molar-refractivity contribution < 1.29 is 78.1 Å². The van der Waals surface area contributed by atoms with E-state index in [0.29, 0.717) is 76.7 Å². The molecule has 4 rings (SSSR count). The molecule has 1 fully saturated rings. The van der Waals surface area contributed by atoms with E-state index in [0.717, 1.165) is 0 Å². The maximum atomic E-state index is 12.9. The number of aromatic amines is 1. The molecule has 0 aliphatic carbocycles. The molecule has 10 N–H and O–H groups in total. The second kappa shape index (κ2) is 34.6. The summed E-state index contributed by atoms with van der Waals surface area (Å²) in [6.45, 7) is 2.64. The molecule has 0 spiro atoms. The van der Waals surface area contributed by atoms with Crippen LogP contribution in [0.15, 0.2) is 35.3 Å². The molecule has 2 aromatic heterocycles. The number of benzene rings is 1. The van der Waals surface area contributed by atoms with Crippen molar-refractivity contribution in [3.63, 3.8) is 0 Å². The van der Waals surface area contributed by atoms with Gasteiger partial charge < -0.3 is 56.1 Å². The normalized spacial score (nSPS) is 15.1. The quantitative estimate of drug-likeness (QED) is 0.0349. The molecule has 3 aromatic rings. The van der Waals surface area contributed by atoms with Gasteiger partial charge in [0.15, 0.2) is 11.2 Å². The van der Waals surface area contributed by atoms with Crippen LogP contribution in [0.5, 0.6) is 0 Å². The Hall–Kier alpha value is -7.08. The molecule has 0 bridgehead atoms. The molecule has 430 valence electrons. The Morgan fingerprint density at radius 1 is 0.615 bits per heavy atom. The lowest BCUT2D eigenvalue weighted by Gasteiger charge is -2.35. The number of aromatic nitrogens is 4. The zero-order valence-corrected chi connectivity index (χ0v) is 43.7. The maximum Gasteiger partial charge on any atom is 0.326 e. The van der Waals surface area contributed by atoms with Crippen molar-refractivity contribution in [2.75, 3.05) is 123 Å². The number of nitrogens with two attached hydrogens (primary N) is 1. The number of H-pyrrole nitrogens is 1. The number of nitrogen functional groups attached to an aromatic ring is 1. The largest absolute Gasteiger partial charge is 0.480 e. The third-order valence-corrected chi connectivity index (χ3v) is 12.5. The third kappa shape index (κ3) is 24.9. The fourth-order valence-corrected chi connectivity index (χ4v) is 8.31. The number of hydrogen-bond acceptors (Lipinski definition) is 21. The summed E-state index contributed by atoms with van der Waals surface area (Å²) < 4.78 is 16.7. The summed E-state index contributed by atoms with van der Waals surface area (Å²) in [5.41, 5.74) is 6.47. The summed E-state index contributed by atoms with van der Waals surface area (Å²) in [6.07, 6.45) is 4.07. The summed E-state index contributed by atoms with van der Waals surface area (Å²) >= 11 is 0. The monoisotopic (exact) mass is 1100 g/mol. The molecule has 2 atom stereocenters.